The first-order valence-corrected chi connectivity index (χ1v) is 11.0. The van der Waals surface area contributed by atoms with Gasteiger partial charge in [0.25, 0.3) is 0 Å². The molecule has 1 aliphatic rings. The molecule has 0 radical (unpaired) electrons. The minimum absolute atomic E-state index is 0.777. The van der Waals surface area contributed by atoms with Crippen molar-refractivity contribution in [2.75, 3.05) is 6.61 Å². The minimum atomic E-state index is 0.777. The molecule has 2 rings (SSSR count). The van der Waals surface area contributed by atoms with E-state index in [1.165, 1.54) is 68.9 Å². The fraction of sp³-hybridized carbons (Fsp3) is 0.680. The van der Waals surface area contributed by atoms with Crippen molar-refractivity contribution in [3.63, 3.8) is 0 Å². The van der Waals surface area contributed by atoms with E-state index in [0.29, 0.717) is 0 Å². The molecule has 0 aromatic heterocycles. The predicted octanol–water partition coefficient (Wildman–Crippen LogP) is 7.90. The van der Waals surface area contributed by atoms with Gasteiger partial charge in [-0.2, -0.15) is 0 Å². The number of hydrogen-bond donors (Lipinski definition) is 0. The maximum absolute atomic E-state index is 5.86. The zero-order chi connectivity index (χ0) is 18.8. The fourth-order valence-corrected chi connectivity index (χ4v) is 3.96. The molecule has 1 aliphatic heterocycles. The van der Waals surface area contributed by atoms with Gasteiger partial charge in [-0.05, 0) is 48.3 Å². The second-order valence-corrected chi connectivity index (χ2v) is 8.99. The number of fused-ring (bicyclic) bond motifs is 1. The summed E-state index contributed by atoms with van der Waals surface area (Å²) < 4.78 is 5.86. The Morgan fingerprint density at radius 1 is 0.808 bits per heavy atom. The van der Waals surface area contributed by atoms with E-state index in [0.717, 1.165) is 30.1 Å². The molecule has 146 valence electrons. The van der Waals surface area contributed by atoms with E-state index in [4.69, 9.17) is 4.74 Å². The molecule has 1 nitrogen and oxygen atoms in total. The molecule has 0 fully saturated rings. The molecule has 1 heteroatoms. The lowest BCUT2D eigenvalue weighted by molar-refractivity contribution is 0.338. The van der Waals surface area contributed by atoms with Crippen LogP contribution in [0.3, 0.4) is 0 Å². The van der Waals surface area contributed by atoms with Crippen LogP contribution in [0.1, 0.15) is 91.0 Å². The maximum Gasteiger partial charge on any atom is 0.127 e. The van der Waals surface area contributed by atoms with Crippen LogP contribution in [-0.2, 0) is 0 Å². The molecule has 0 amide bonds. The smallest absolute Gasteiger partial charge is 0.127 e. The maximum atomic E-state index is 5.86. The molecule has 2 unspecified atom stereocenters. The first kappa shape index (κ1) is 21.1. The van der Waals surface area contributed by atoms with Crippen LogP contribution in [0, 0.1) is 17.8 Å². The van der Waals surface area contributed by atoms with Gasteiger partial charge < -0.3 is 4.74 Å². The van der Waals surface area contributed by atoms with Crippen molar-refractivity contribution in [3.8, 4) is 5.75 Å². The highest BCUT2D eigenvalue weighted by atomic mass is 16.5. The van der Waals surface area contributed by atoms with Crippen LogP contribution in [-0.4, -0.2) is 6.61 Å². The molecule has 2 atom stereocenters. The van der Waals surface area contributed by atoms with Gasteiger partial charge in [-0.15, -0.1) is 0 Å². The first-order chi connectivity index (χ1) is 12.5. The summed E-state index contributed by atoms with van der Waals surface area (Å²) >= 11 is 0. The van der Waals surface area contributed by atoms with Crippen molar-refractivity contribution in [1.82, 2.24) is 0 Å². The topological polar surface area (TPSA) is 9.23 Å². The van der Waals surface area contributed by atoms with E-state index in [-0.39, 0.29) is 0 Å². The summed E-state index contributed by atoms with van der Waals surface area (Å²) in [6, 6.07) is 8.35. The molecule has 26 heavy (non-hydrogen) atoms. The van der Waals surface area contributed by atoms with Crippen molar-refractivity contribution in [2.45, 2.75) is 85.5 Å². The molecule has 0 bridgehead atoms. The van der Waals surface area contributed by atoms with E-state index in [9.17, 15) is 0 Å². The number of para-hydroxylation sites is 1. The zero-order valence-corrected chi connectivity index (χ0v) is 17.6. The Morgan fingerprint density at radius 3 is 2.12 bits per heavy atom. The average molecular weight is 357 g/mol. The van der Waals surface area contributed by atoms with Crippen LogP contribution in [0.4, 0.5) is 0 Å². The van der Waals surface area contributed by atoms with Crippen molar-refractivity contribution in [2.24, 2.45) is 17.8 Å². The molecule has 1 aromatic rings. The Bertz CT molecular complexity index is 543. The monoisotopic (exact) mass is 356 g/mol. The van der Waals surface area contributed by atoms with Gasteiger partial charge in [0, 0.05) is 5.56 Å². The van der Waals surface area contributed by atoms with Crippen molar-refractivity contribution in [3.05, 3.63) is 35.4 Å². The highest BCUT2D eigenvalue weighted by Crippen LogP contribution is 2.28. The molecular formula is C25H40O. The molecule has 0 spiro atoms. The summed E-state index contributed by atoms with van der Waals surface area (Å²) in [6.07, 6.45) is 14.6. The summed E-state index contributed by atoms with van der Waals surface area (Å²) in [7, 11) is 0. The Labute approximate surface area is 162 Å². The van der Waals surface area contributed by atoms with Crippen LogP contribution in [0.15, 0.2) is 29.8 Å². The Balaban J connectivity index is 1.55. The Hall–Kier alpha value is -1.24. The summed E-state index contributed by atoms with van der Waals surface area (Å²) in [6.45, 7) is 10.3. The predicted molar refractivity (Wildman–Crippen MR) is 115 cm³/mol. The lowest BCUT2D eigenvalue weighted by atomic mass is 9.91. The Morgan fingerprint density at radius 2 is 1.42 bits per heavy atom. The first-order valence-electron chi connectivity index (χ1n) is 11.0. The number of benzene rings is 1. The van der Waals surface area contributed by atoms with Gasteiger partial charge in [0.05, 0.1) is 0 Å². The quantitative estimate of drug-likeness (QED) is 0.370. The second-order valence-electron chi connectivity index (χ2n) is 8.99. The van der Waals surface area contributed by atoms with E-state index < -0.39 is 0 Å². The third-order valence-corrected chi connectivity index (χ3v) is 5.76. The van der Waals surface area contributed by atoms with Crippen molar-refractivity contribution < 1.29 is 4.74 Å². The van der Waals surface area contributed by atoms with Gasteiger partial charge in [-0.25, -0.2) is 0 Å². The van der Waals surface area contributed by atoms with Gasteiger partial charge in [0.15, 0.2) is 0 Å². The van der Waals surface area contributed by atoms with Crippen molar-refractivity contribution >= 4 is 6.08 Å². The highest BCUT2D eigenvalue weighted by molar-refractivity contribution is 5.61. The molecule has 1 aromatic carbocycles. The third-order valence-electron chi connectivity index (χ3n) is 5.76. The molecule has 0 saturated carbocycles. The number of hydrogen-bond acceptors (Lipinski definition) is 1. The summed E-state index contributed by atoms with van der Waals surface area (Å²) in [4.78, 5) is 0. The SMILES string of the molecule is CC(C)CCCC(C)CCCC(C)CCCC1=Cc2ccccc2OC1. The molecular weight excluding hydrogens is 316 g/mol. The van der Waals surface area contributed by atoms with Crippen LogP contribution < -0.4 is 4.74 Å². The van der Waals surface area contributed by atoms with Crippen LogP contribution >= 0.6 is 0 Å². The highest BCUT2D eigenvalue weighted by Gasteiger charge is 2.11. The second kappa shape index (κ2) is 11.5. The fourth-order valence-electron chi connectivity index (χ4n) is 3.96. The van der Waals surface area contributed by atoms with Crippen molar-refractivity contribution in [1.29, 1.82) is 0 Å². The zero-order valence-electron chi connectivity index (χ0n) is 17.6. The lowest BCUT2D eigenvalue weighted by Crippen LogP contribution is -2.07. The van der Waals surface area contributed by atoms with Gasteiger partial charge in [-0.1, -0.05) is 90.8 Å². The summed E-state index contributed by atoms with van der Waals surface area (Å²) in [5, 5.41) is 0. The minimum Gasteiger partial charge on any atom is -0.489 e. The Kier molecular flexibility index (Phi) is 9.29. The van der Waals surface area contributed by atoms with Gasteiger partial charge in [0.1, 0.15) is 12.4 Å². The van der Waals surface area contributed by atoms with Crippen LogP contribution in [0.2, 0.25) is 0 Å². The summed E-state index contributed by atoms with van der Waals surface area (Å²) in [5.74, 6) is 3.66. The number of rotatable bonds is 12. The van der Waals surface area contributed by atoms with E-state index in [1.54, 1.807) is 0 Å². The molecule has 0 saturated heterocycles. The van der Waals surface area contributed by atoms with Gasteiger partial charge in [-0.3, -0.25) is 0 Å². The molecule has 0 N–H and O–H groups in total. The molecule has 1 heterocycles. The van der Waals surface area contributed by atoms with E-state index in [1.807, 2.05) is 6.07 Å². The van der Waals surface area contributed by atoms with Crippen LogP contribution in [0.5, 0.6) is 5.75 Å². The summed E-state index contributed by atoms with van der Waals surface area (Å²) in [5.41, 5.74) is 2.70. The normalized spacial score (nSPS) is 16.0. The molecule has 0 aliphatic carbocycles. The average Bonchev–Trinajstić information content (AvgIpc) is 2.61. The largest absolute Gasteiger partial charge is 0.489 e. The van der Waals surface area contributed by atoms with Crippen LogP contribution in [0.25, 0.3) is 6.08 Å². The van der Waals surface area contributed by atoms with Gasteiger partial charge >= 0.3 is 0 Å². The van der Waals surface area contributed by atoms with Gasteiger partial charge in [0.2, 0.25) is 0 Å². The number of ether oxygens (including phenoxy) is 1. The third kappa shape index (κ3) is 7.98. The lowest BCUT2D eigenvalue weighted by Gasteiger charge is -2.19. The van der Waals surface area contributed by atoms with E-state index in [2.05, 4.69) is 52.0 Å². The van der Waals surface area contributed by atoms with E-state index >= 15 is 0 Å². The standard InChI is InChI=1S/C25H40O/c1-20(2)10-7-11-21(3)12-8-13-22(4)14-9-15-23-18-24-16-5-6-17-25(24)26-19-23/h5-6,16-18,20-22H,7-15,19H2,1-4H3.